The number of methoxy groups -OCH3 is 1. The maximum absolute atomic E-state index is 5.34. The molecule has 0 aliphatic rings. The first-order valence-electron chi connectivity index (χ1n) is 6.34. The molecule has 20 heavy (non-hydrogen) atoms. The predicted molar refractivity (Wildman–Crippen MR) is 92.8 cm³/mol. The maximum Gasteiger partial charge on any atom is 0.119 e. The molecule has 0 unspecified atom stereocenters. The zero-order valence-electron chi connectivity index (χ0n) is 11.6. The Hall–Kier alpha value is -1.56. The largest absolute Gasteiger partial charge is 0.497 e. The van der Waals surface area contributed by atoms with E-state index in [2.05, 4.69) is 65.9 Å². The second kappa shape index (κ2) is 5.09. The number of halogens is 1. The third-order valence-corrected chi connectivity index (χ3v) is 4.03. The Balaban J connectivity index is 2.48. The first-order valence-corrected chi connectivity index (χ1v) is 7.42. The minimum absolute atomic E-state index is 0.854. The molecule has 0 amide bonds. The number of rotatable bonds is 2. The average molecular weight is 376 g/mol. The normalized spacial score (nSPS) is 11.0. The summed E-state index contributed by atoms with van der Waals surface area (Å²) < 4.78 is 6.54. The standard InChI is InChI=1S/C16H15IN2O/c1-19(2)16-12-6-4-10(17)8-15(12)18-14-7-5-11(20-3)9-13(14)16/h4-9H,1-3H3/i17-2. The van der Waals surface area contributed by atoms with Crippen LogP contribution in [0.25, 0.3) is 21.8 Å². The van der Waals surface area contributed by atoms with E-state index in [0.29, 0.717) is 0 Å². The number of hydrogen-bond donors (Lipinski definition) is 0. The number of pyridine rings is 1. The molecule has 3 nitrogen and oxygen atoms in total. The van der Waals surface area contributed by atoms with E-state index >= 15 is 0 Å². The van der Waals surface area contributed by atoms with Crippen molar-refractivity contribution in [2.75, 3.05) is 26.1 Å². The van der Waals surface area contributed by atoms with Crippen molar-refractivity contribution in [1.82, 2.24) is 4.98 Å². The summed E-state index contributed by atoms with van der Waals surface area (Å²) in [5, 5.41) is 2.28. The Morgan fingerprint density at radius 3 is 2.50 bits per heavy atom. The van der Waals surface area contributed by atoms with Gasteiger partial charge in [-0.25, -0.2) is 4.98 Å². The van der Waals surface area contributed by atoms with Crippen LogP contribution in [0.2, 0.25) is 0 Å². The molecule has 0 fully saturated rings. The Kier molecular flexibility index (Phi) is 3.41. The number of hydrogen-bond acceptors (Lipinski definition) is 3. The molecular weight excluding hydrogens is 361 g/mol. The summed E-state index contributed by atoms with van der Waals surface area (Å²) in [4.78, 5) is 6.91. The average Bonchev–Trinajstić information content (AvgIpc) is 2.43. The van der Waals surface area contributed by atoms with Gasteiger partial charge in [0.25, 0.3) is 0 Å². The zero-order chi connectivity index (χ0) is 14.3. The lowest BCUT2D eigenvalue weighted by atomic mass is 10.1. The fraction of sp³-hybridized carbons (Fsp3) is 0.188. The van der Waals surface area contributed by atoms with E-state index in [-0.39, 0.29) is 0 Å². The van der Waals surface area contributed by atoms with Gasteiger partial charge in [0.15, 0.2) is 0 Å². The van der Waals surface area contributed by atoms with Crippen LogP contribution in [0.4, 0.5) is 5.69 Å². The van der Waals surface area contributed by atoms with E-state index < -0.39 is 0 Å². The third kappa shape index (κ3) is 2.18. The molecule has 0 aliphatic carbocycles. The molecule has 1 aromatic heterocycles. The van der Waals surface area contributed by atoms with Gasteiger partial charge in [-0.15, -0.1) is 0 Å². The molecule has 3 aromatic rings. The topological polar surface area (TPSA) is 25.4 Å². The Labute approximate surface area is 131 Å². The van der Waals surface area contributed by atoms with Crippen molar-refractivity contribution in [1.29, 1.82) is 0 Å². The Bertz CT molecular complexity index is 799. The molecule has 0 radical (unpaired) electrons. The first kappa shape index (κ1) is 13.4. The van der Waals surface area contributed by atoms with Crippen molar-refractivity contribution in [3.63, 3.8) is 0 Å². The summed E-state index contributed by atoms with van der Waals surface area (Å²) in [6.45, 7) is 0. The van der Waals surface area contributed by atoms with E-state index in [1.807, 2.05) is 12.1 Å². The van der Waals surface area contributed by atoms with Gasteiger partial charge in [-0.1, -0.05) is 0 Å². The number of ether oxygens (including phenoxy) is 1. The lowest BCUT2D eigenvalue weighted by Crippen LogP contribution is -2.10. The quantitative estimate of drug-likeness (QED) is 0.498. The van der Waals surface area contributed by atoms with Gasteiger partial charge in [-0.3, -0.25) is 0 Å². The molecule has 0 saturated heterocycles. The van der Waals surface area contributed by atoms with Crippen LogP contribution in [0.15, 0.2) is 36.4 Å². The van der Waals surface area contributed by atoms with Crippen LogP contribution in [0, 0.1) is 3.57 Å². The van der Waals surface area contributed by atoms with Crippen molar-refractivity contribution in [3.05, 3.63) is 40.0 Å². The van der Waals surface area contributed by atoms with Gasteiger partial charge in [0, 0.05) is 28.4 Å². The minimum Gasteiger partial charge on any atom is -0.497 e. The molecule has 102 valence electrons. The molecule has 0 aliphatic heterocycles. The van der Waals surface area contributed by atoms with Crippen LogP contribution in [-0.4, -0.2) is 26.2 Å². The van der Waals surface area contributed by atoms with E-state index in [1.165, 1.54) is 9.26 Å². The van der Waals surface area contributed by atoms with Gasteiger partial charge >= 0.3 is 0 Å². The molecule has 0 atom stereocenters. The summed E-state index contributed by atoms with van der Waals surface area (Å²) >= 11 is 2.32. The van der Waals surface area contributed by atoms with Gasteiger partial charge in [0.2, 0.25) is 0 Å². The van der Waals surface area contributed by atoms with Crippen molar-refractivity contribution >= 4 is 50.1 Å². The van der Waals surface area contributed by atoms with Crippen LogP contribution in [0.1, 0.15) is 0 Å². The van der Waals surface area contributed by atoms with Crippen molar-refractivity contribution < 1.29 is 4.74 Å². The molecular formula is C16H15IN2O. The number of benzene rings is 2. The molecule has 0 saturated carbocycles. The highest BCUT2D eigenvalue weighted by Crippen LogP contribution is 2.35. The fourth-order valence-corrected chi connectivity index (χ4v) is 2.96. The van der Waals surface area contributed by atoms with E-state index in [1.54, 1.807) is 7.11 Å². The highest BCUT2D eigenvalue weighted by atomic mass is 125. The summed E-state index contributed by atoms with van der Waals surface area (Å²) in [5.41, 5.74) is 3.20. The van der Waals surface area contributed by atoms with Crippen molar-refractivity contribution in [3.8, 4) is 5.75 Å². The monoisotopic (exact) mass is 376 g/mol. The van der Waals surface area contributed by atoms with Gasteiger partial charge in [0.1, 0.15) is 5.75 Å². The highest BCUT2D eigenvalue weighted by molar-refractivity contribution is 14.1. The SMILES string of the molecule is COc1ccc2nc3cc([125I])ccc3c(N(C)C)c2c1. The van der Waals surface area contributed by atoms with Gasteiger partial charge in [-0.05, 0) is 59.0 Å². The Morgan fingerprint density at radius 1 is 1.00 bits per heavy atom. The molecule has 0 N–H and O–H groups in total. The first-order chi connectivity index (χ1) is 9.60. The van der Waals surface area contributed by atoms with Gasteiger partial charge in [-0.2, -0.15) is 0 Å². The minimum atomic E-state index is 0.854. The lowest BCUT2D eigenvalue weighted by molar-refractivity contribution is 0.415. The number of fused-ring (bicyclic) bond motifs is 2. The van der Waals surface area contributed by atoms with Crippen LogP contribution in [0.5, 0.6) is 5.75 Å². The summed E-state index contributed by atoms with van der Waals surface area (Å²) in [5.74, 6) is 0.854. The predicted octanol–water partition coefficient (Wildman–Crippen LogP) is 4.07. The second-order valence-corrected chi connectivity index (χ2v) is 6.15. The third-order valence-electron chi connectivity index (χ3n) is 3.36. The zero-order valence-corrected chi connectivity index (χ0v) is 13.8. The number of aromatic nitrogens is 1. The van der Waals surface area contributed by atoms with Crippen LogP contribution in [0.3, 0.4) is 0 Å². The summed E-state index contributed by atoms with van der Waals surface area (Å²) in [6.07, 6.45) is 0. The molecule has 3 rings (SSSR count). The summed E-state index contributed by atoms with van der Waals surface area (Å²) in [7, 11) is 5.81. The van der Waals surface area contributed by atoms with Crippen LogP contribution in [-0.2, 0) is 0 Å². The smallest absolute Gasteiger partial charge is 0.119 e. The summed E-state index contributed by atoms with van der Waals surface area (Å²) in [6, 6.07) is 12.4. The van der Waals surface area contributed by atoms with Crippen LogP contribution >= 0.6 is 22.6 Å². The van der Waals surface area contributed by atoms with E-state index in [0.717, 1.165) is 27.6 Å². The van der Waals surface area contributed by atoms with E-state index in [9.17, 15) is 0 Å². The molecule has 4 heteroatoms. The lowest BCUT2D eigenvalue weighted by Gasteiger charge is -2.18. The van der Waals surface area contributed by atoms with Crippen LogP contribution < -0.4 is 9.64 Å². The molecule has 0 spiro atoms. The second-order valence-electron chi connectivity index (χ2n) is 4.90. The van der Waals surface area contributed by atoms with Crippen molar-refractivity contribution in [2.24, 2.45) is 0 Å². The molecule has 1 heterocycles. The maximum atomic E-state index is 5.34. The number of nitrogens with zero attached hydrogens (tertiary/aromatic N) is 2. The van der Waals surface area contributed by atoms with Gasteiger partial charge < -0.3 is 9.64 Å². The molecule has 2 aromatic carbocycles. The van der Waals surface area contributed by atoms with E-state index in [4.69, 9.17) is 9.72 Å². The highest BCUT2D eigenvalue weighted by Gasteiger charge is 2.12. The Morgan fingerprint density at radius 2 is 1.80 bits per heavy atom. The number of anilines is 1. The van der Waals surface area contributed by atoms with Crippen molar-refractivity contribution in [2.45, 2.75) is 0 Å². The van der Waals surface area contributed by atoms with Gasteiger partial charge in [0.05, 0.1) is 23.8 Å². The fourth-order valence-electron chi connectivity index (χ4n) is 2.48. The molecule has 0 bridgehead atoms.